The highest BCUT2D eigenvalue weighted by Gasteiger charge is 2.31. The fourth-order valence-corrected chi connectivity index (χ4v) is 4.43. The third-order valence-electron chi connectivity index (χ3n) is 4.48. The molecule has 0 bridgehead atoms. The number of aliphatic hydroxyl groups is 1. The number of aryl methyl sites for hydroxylation is 2. The standard InChI is InChI=1S/C16H23NOS/c1-12-2-3-13-4-5-15(14(13)10-12)17-11-16(18)6-8-19-9-7-16/h2-3,10,15,17-18H,4-9,11H2,1H3. The van der Waals surface area contributed by atoms with Crippen molar-refractivity contribution in [2.45, 2.75) is 44.2 Å². The van der Waals surface area contributed by atoms with Gasteiger partial charge in [-0.2, -0.15) is 11.8 Å². The van der Waals surface area contributed by atoms with E-state index in [-0.39, 0.29) is 0 Å². The van der Waals surface area contributed by atoms with Gasteiger partial charge in [-0.25, -0.2) is 0 Å². The first-order valence-corrected chi connectivity index (χ1v) is 8.45. The minimum Gasteiger partial charge on any atom is -0.389 e. The third kappa shape index (κ3) is 2.99. The Bertz CT molecular complexity index is 454. The zero-order valence-electron chi connectivity index (χ0n) is 11.6. The van der Waals surface area contributed by atoms with Gasteiger partial charge in [0.05, 0.1) is 5.60 Å². The number of nitrogens with one attached hydrogen (secondary N) is 1. The lowest BCUT2D eigenvalue weighted by Crippen LogP contribution is -2.44. The molecule has 0 saturated carbocycles. The summed E-state index contributed by atoms with van der Waals surface area (Å²) in [7, 11) is 0. The summed E-state index contributed by atoms with van der Waals surface area (Å²) in [6.07, 6.45) is 4.20. The molecular formula is C16H23NOS. The topological polar surface area (TPSA) is 32.3 Å². The van der Waals surface area contributed by atoms with Crippen LogP contribution in [0.15, 0.2) is 18.2 Å². The Kier molecular flexibility index (Phi) is 3.88. The minimum atomic E-state index is -0.474. The summed E-state index contributed by atoms with van der Waals surface area (Å²) in [5.41, 5.74) is 3.79. The van der Waals surface area contributed by atoms with E-state index in [2.05, 4.69) is 30.4 Å². The Morgan fingerprint density at radius 2 is 2.16 bits per heavy atom. The third-order valence-corrected chi connectivity index (χ3v) is 5.47. The molecule has 1 saturated heterocycles. The van der Waals surface area contributed by atoms with Crippen LogP contribution in [0.1, 0.15) is 42.0 Å². The maximum absolute atomic E-state index is 10.6. The zero-order chi connectivity index (χ0) is 13.3. The zero-order valence-corrected chi connectivity index (χ0v) is 12.4. The number of hydrogen-bond donors (Lipinski definition) is 2. The fourth-order valence-electron chi connectivity index (χ4n) is 3.18. The average Bonchev–Trinajstić information content (AvgIpc) is 2.80. The number of benzene rings is 1. The summed E-state index contributed by atoms with van der Waals surface area (Å²) in [4.78, 5) is 0. The van der Waals surface area contributed by atoms with Gasteiger partial charge in [-0.1, -0.05) is 23.8 Å². The molecule has 1 atom stereocenters. The molecule has 0 aromatic heterocycles. The van der Waals surface area contributed by atoms with Gasteiger partial charge in [0.2, 0.25) is 0 Å². The van der Waals surface area contributed by atoms with E-state index < -0.39 is 5.60 Å². The minimum absolute atomic E-state index is 0.438. The molecule has 19 heavy (non-hydrogen) atoms. The van der Waals surface area contributed by atoms with Crippen LogP contribution >= 0.6 is 11.8 Å². The fraction of sp³-hybridized carbons (Fsp3) is 0.625. The van der Waals surface area contributed by atoms with E-state index in [1.807, 2.05) is 11.8 Å². The van der Waals surface area contributed by atoms with Crippen LogP contribution in [-0.4, -0.2) is 28.8 Å². The van der Waals surface area contributed by atoms with Gasteiger partial charge in [0.1, 0.15) is 0 Å². The van der Waals surface area contributed by atoms with Gasteiger partial charge in [0, 0.05) is 12.6 Å². The molecule has 1 aliphatic carbocycles. The predicted molar refractivity (Wildman–Crippen MR) is 81.8 cm³/mol. The molecule has 1 aromatic carbocycles. The Balaban J connectivity index is 1.64. The van der Waals surface area contributed by atoms with Crippen molar-refractivity contribution in [1.29, 1.82) is 0 Å². The molecule has 1 aromatic rings. The average molecular weight is 277 g/mol. The van der Waals surface area contributed by atoms with Crippen molar-refractivity contribution < 1.29 is 5.11 Å². The highest BCUT2D eigenvalue weighted by atomic mass is 32.2. The van der Waals surface area contributed by atoms with Gasteiger partial charge in [-0.3, -0.25) is 0 Å². The van der Waals surface area contributed by atoms with Crippen molar-refractivity contribution in [3.05, 3.63) is 34.9 Å². The lowest BCUT2D eigenvalue weighted by atomic mass is 9.96. The molecule has 2 nitrogen and oxygen atoms in total. The van der Waals surface area contributed by atoms with Crippen molar-refractivity contribution in [3.8, 4) is 0 Å². The van der Waals surface area contributed by atoms with E-state index in [4.69, 9.17) is 0 Å². The predicted octanol–water partition coefficient (Wildman–Crippen LogP) is 2.83. The molecular weight excluding hydrogens is 254 g/mol. The van der Waals surface area contributed by atoms with E-state index in [0.717, 1.165) is 30.9 Å². The summed E-state index contributed by atoms with van der Waals surface area (Å²) < 4.78 is 0. The van der Waals surface area contributed by atoms with E-state index >= 15 is 0 Å². The van der Waals surface area contributed by atoms with Gasteiger partial charge >= 0.3 is 0 Å². The molecule has 1 heterocycles. The number of thioether (sulfide) groups is 1. The molecule has 1 aliphatic heterocycles. The van der Waals surface area contributed by atoms with E-state index in [1.165, 1.54) is 29.5 Å². The molecule has 0 amide bonds. The SMILES string of the molecule is Cc1ccc2c(c1)C(NCC1(O)CCSCC1)CC2. The normalized spacial score (nSPS) is 25.3. The van der Waals surface area contributed by atoms with E-state index in [9.17, 15) is 5.11 Å². The molecule has 2 aliphatic rings. The first kappa shape index (κ1) is 13.5. The monoisotopic (exact) mass is 277 g/mol. The summed E-state index contributed by atoms with van der Waals surface area (Å²) in [5, 5.41) is 14.2. The molecule has 0 spiro atoms. The van der Waals surface area contributed by atoms with Crippen molar-refractivity contribution in [2.24, 2.45) is 0 Å². The number of hydrogen-bond acceptors (Lipinski definition) is 3. The Hall–Kier alpha value is -0.510. The molecule has 2 N–H and O–H groups in total. The molecule has 3 rings (SSSR count). The van der Waals surface area contributed by atoms with Crippen molar-refractivity contribution in [1.82, 2.24) is 5.32 Å². The van der Waals surface area contributed by atoms with Crippen LogP contribution in [0.5, 0.6) is 0 Å². The number of fused-ring (bicyclic) bond motifs is 1. The van der Waals surface area contributed by atoms with Crippen molar-refractivity contribution >= 4 is 11.8 Å². The Morgan fingerprint density at radius 3 is 2.95 bits per heavy atom. The highest BCUT2D eigenvalue weighted by molar-refractivity contribution is 7.99. The first-order chi connectivity index (χ1) is 9.16. The maximum Gasteiger partial charge on any atom is 0.0787 e. The number of rotatable bonds is 3. The maximum atomic E-state index is 10.6. The van der Waals surface area contributed by atoms with Crippen LogP contribution in [0.25, 0.3) is 0 Å². The van der Waals surface area contributed by atoms with Crippen LogP contribution < -0.4 is 5.32 Å². The summed E-state index contributed by atoms with van der Waals surface area (Å²) in [6, 6.07) is 7.21. The van der Waals surface area contributed by atoms with Gasteiger partial charge in [0.25, 0.3) is 0 Å². The second-order valence-electron chi connectivity index (χ2n) is 6.01. The summed E-state index contributed by atoms with van der Waals surface area (Å²) in [5.74, 6) is 2.19. The molecule has 104 valence electrons. The van der Waals surface area contributed by atoms with E-state index in [1.54, 1.807) is 0 Å². The second kappa shape index (κ2) is 5.47. The van der Waals surface area contributed by atoms with Crippen LogP contribution in [0.4, 0.5) is 0 Å². The van der Waals surface area contributed by atoms with E-state index in [0.29, 0.717) is 6.04 Å². The Morgan fingerprint density at radius 1 is 1.37 bits per heavy atom. The van der Waals surface area contributed by atoms with Crippen LogP contribution in [-0.2, 0) is 6.42 Å². The quantitative estimate of drug-likeness (QED) is 0.891. The largest absolute Gasteiger partial charge is 0.389 e. The summed E-state index contributed by atoms with van der Waals surface area (Å²) in [6.45, 7) is 2.90. The Labute approximate surface area is 120 Å². The van der Waals surface area contributed by atoms with Crippen molar-refractivity contribution in [2.75, 3.05) is 18.1 Å². The van der Waals surface area contributed by atoms with Crippen LogP contribution in [0.3, 0.4) is 0 Å². The first-order valence-electron chi connectivity index (χ1n) is 7.29. The van der Waals surface area contributed by atoms with Crippen LogP contribution in [0, 0.1) is 6.92 Å². The second-order valence-corrected chi connectivity index (χ2v) is 7.24. The smallest absolute Gasteiger partial charge is 0.0787 e. The van der Waals surface area contributed by atoms with Gasteiger partial charge in [0.15, 0.2) is 0 Å². The molecule has 3 heteroatoms. The molecule has 1 fully saturated rings. The van der Waals surface area contributed by atoms with Gasteiger partial charge < -0.3 is 10.4 Å². The van der Waals surface area contributed by atoms with Gasteiger partial charge in [-0.05, 0) is 55.2 Å². The lowest BCUT2D eigenvalue weighted by Gasteiger charge is -2.33. The summed E-state index contributed by atoms with van der Waals surface area (Å²) >= 11 is 1.96. The highest BCUT2D eigenvalue weighted by Crippen LogP contribution is 2.33. The van der Waals surface area contributed by atoms with Crippen LogP contribution in [0.2, 0.25) is 0 Å². The van der Waals surface area contributed by atoms with Crippen molar-refractivity contribution in [3.63, 3.8) is 0 Å². The molecule has 1 unspecified atom stereocenters. The molecule has 0 radical (unpaired) electrons. The van der Waals surface area contributed by atoms with Gasteiger partial charge in [-0.15, -0.1) is 0 Å². The lowest BCUT2D eigenvalue weighted by molar-refractivity contribution is 0.0296.